The Labute approximate surface area is 166 Å². The zero-order chi connectivity index (χ0) is 19.4. The van der Waals surface area contributed by atoms with E-state index in [1.165, 1.54) is 11.3 Å². The fourth-order valence-corrected chi connectivity index (χ4v) is 4.47. The SMILES string of the molecule is CCOC(=O)c1ccccc1N(CC)C(=O)c1sc(-c2ccsc2)nc1C. The number of anilines is 1. The van der Waals surface area contributed by atoms with E-state index in [1.54, 1.807) is 41.4 Å². The van der Waals surface area contributed by atoms with Crippen molar-refractivity contribution in [3.05, 3.63) is 57.2 Å². The van der Waals surface area contributed by atoms with Gasteiger partial charge in [-0.15, -0.1) is 11.3 Å². The normalized spacial score (nSPS) is 10.6. The first-order valence-electron chi connectivity index (χ1n) is 8.64. The summed E-state index contributed by atoms with van der Waals surface area (Å²) in [6, 6.07) is 9.01. The van der Waals surface area contributed by atoms with Crippen LogP contribution in [-0.4, -0.2) is 30.0 Å². The molecule has 140 valence electrons. The quantitative estimate of drug-likeness (QED) is 0.545. The van der Waals surface area contributed by atoms with Crippen molar-refractivity contribution >= 4 is 40.2 Å². The van der Waals surface area contributed by atoms with E-state index < -0.39 is 5.97 Å². The van der Waals surface area contributed by atoms with E-state index in [4.69, 9.17) is 4.74 Å². The molecule has 5 nitrogen and oxygen atoms in total. The minimum atomic E-state index is -0.431. The molecule has 27 heavy (non-hydrogen) atoms. The first-order valence-corrected chi connectivity index (χ1v) is 10.4. The van der Waals surface area contributed by atoms with Crippen LogP contribution in [0.15, 0.2) is 41.1 Å². The summed E-state index contributed by atoms with van der Waals surface area (Å²) in [6.07, 6.45) is 0. The molecular weight excluding hydrogens is 380 g/mol. The van der Waals surface area contributed by atoms with Crippen molar-refractivity contribution in [1.29, 1.82) is 0 Å². The van der Waals surface area contributed by atoms with Gasteiger partial charge in [0.1, 0.15) is 9.88 Å². The maximum absolute atomic E-state index is 13.3. The zero-order valence-corrected chi connectivity index (χ0v) is 17.0. The smallest absolute Gasteiger partial charge is 0.340 e. The highest BCUT2D eigenvalue weighted by Gasteiger charge is 2.25. The molecule has 0 saturated heterocycles. The summed E-state index contributed by atoms with van der Waals surface area (Å²) in [5.74, 6) is -0.593. The molecule has 1 aromatic carbocycles. The van der Waals surface area contributed by atoms with E-state index in [0.717, 1.165) is 10.6 Å². The van der Waals surface area contributed by atoms with Crippen LogP contribution < -0.4 is 4.90 Å². The van der Waals surface area contributed by atoms with E-state index in [9.17, 15) is 9.59 Å². The molecule has 2 heterocycles. The van der Waals surface area contributed by atoms with Gasteiger partial charge in [-0.1, -0.05) is 12.1 Å². The lowest BCUT2D eigenvalue weighted by atomic mass is 10.1. The lowest BCUT2D eigenvalue weighted by Gasteiger charge is -2.22. The number of aryl methyl sites for hydroxylation is 1. The van der Waals surface area contributed by atoms with Crippen molar-refractivity contribution in [2.75, 3.05) is 18.1 Å². The van der Waals surface area contributed by atoms with Crippen LogP contribution in [0.5, 0.6) is 0 Å². The Morgan fingerprint density at radius 2 is 1.96 bits per heavy atom. The van der Waals surface area contributed by atoms with Gasteiger partial charge in [0, 0.05) is 17.5 Å². The van der Waals surface area contributed by atoms with Crippen molar-refractivity contribution in [2.24, 2.45) is 0 Å². The molecule has 0 aliphatic rings. The van der Waals surface area contributed by atoms with Crippen molar-refractivity contribution < 1.29 is 14.3 Å². The van der Waals surface area contributed by atoms with Gasteiger partial charge < -0.3 is 9.64 Å². The van der Waals surface area contributed by atoms with Gasteiger partial charge in [-0.05, 0) is 44.4 Å². The molecule has 0 radical (unpaired) electrons. The van der Waals surface area contributed by atoms with E-state index in [1.807, 2.05) is 36.7 Å². The van der Waals surface area contributed by atoms with Gasteiger partial charge in [0.2, 0.25) is 0 Å². The molecule has 3 rings (SSSR count). The fourth-order valence-electron chi connectivity index (χ4n) is 2.74. The maximum atomic E-state index is 13.3. The second kappa shape index (κ2) is 8.45. The van der Waals surface area contributed by atoms with Gasteiger partial charge in [-0.2, -0.15) is 11.3 Å². The summed E-state index contributed by atoms with van der Waals surface area (Å²) in [5.41, 5.74) is 2.64. The van der Waals surface area contributed by atoms with Crippen LogP contribution in [0.2, 0.25) is 0 Å². The van der Waals surface area contributed by atoms with Crippen molar-refractivity contribution in [3.63, 3.8) is 0 Å². The minimum Gasteiger partial charge on any atom is -0.462 e. The summed E-state index contributed by atoms with van der Waals surface area (Å²) in [4.78, 5) is 32.3. The van der Waals surface area contributed by atoms with Crippen LogP contribution >= 0.6 is 22.7 Å². The molecule has 0 aliphatic heterocycles. The van der Waals surface area contributed by atoms with Crippen LogP contribution in [0.1, 0.15) is 39.6 Å². The Kier molecular flexibility index (Phi) is 6.03. The zero-order valence-electron chi connectivity index (χ0n) is 15.4. The molecular formula is C20H20N2O3S2. The Hall–Kier alpha value is -2.51. The van der Waals surface area contributed by atoms with Crippen LogP contribution in [0.4, 0.5) is 5.69 Å². The number of para-hydroxylation sites is 1. The molecule has 0 fully saturated rings. The van der Waals surface area contributed by atoms with Crippen molar-refractivity contribution in [3.8, 4) is 10.6 Å². The van der Waals surface area contributed by atoms with Gasteiger partial charge in [-0.25, -0.2) is 9.78 Å². The van der Waals surface area contributed by atoms with Crippen molar-refractivity contribution in [1.82, 2.24) is 4.98 Å². The highest BCUT2D eigenvalue weighted by Crippen LogP contribution is 2.32. The predicted octanol–water partition coefficient (Wildman–Crippen LogP) is 5.02. The molecule has 0 saturated carbocycles. The van der Waals surface area contributed by atoms with Crippen LogP contribution in [0.3, 0.4) is 0 Å². The van der Waals surface area contributed by atoms with Crippen LogP contribution in [-0.2, 0) is 4.74 Å². The monoisotopic (exact) mass is 400 g/mol. The third-order valence-corrected chi connectivity index (χ3v) is 5.89. The number of rotatable bonds is 6. The highest BCUT2D eigenvalue weighted by molar-refractivity contribution is 7.17. The fraction of sp³-hybridized carbons (Fsp3) is 0.250. The molecule has 0 unspecified atom stereocenters. The third kappa shape index (κ3) is 3.94. The summed E-state index contributed by atoms with van der Waals surface area (Å²) in [7, 11) is 0. The van der Waals surface area contributed by atoms with E-state index in [0.29, 0.717) is 28.4 Å². The van der Waals surface area contributed by atoms with Gasteiger partial charge >= 0.3 is 5.97 Å². The predicted molar refractivity (Wildman–Crippen MR) is 110 cm³/mol. The maximum Gasteiger partial charge on any atom is 0.340 e. The molecule has 0 aliphatic carbocycles. The largest absolute Gasteiger partial charge is 0.462 e. The molecule has 0 bridgehead atoms. The number of thiazole rings is 1. The van der Waals surface area contributed by atoms with Crippen LogP contribution in [0.25, 0.3) is 10.6 Å². The van der Waals surface area contributed by atoms with Gasteiger partial charge in [0.25, 0.3) is 5.91 Å². The van der Waals surface area contributed by atoms with Gasteiger partial charge in [0.05, 0.1) is 23.6 Å². The number of hydrogen-bond donors (Lipinski definition) is 0. The summed E-state index contributed by atoms with van der Waals surface area (Å²) in [5, 5.41) is 4.83. The molecule has 7 heteroatoms. The first-order chi connectivity index (χ1) is 13.1. The lowest BCUT2D eigenvalue weighted by molar-refractivity contribution is 0.0527. The van der Waals surface area contributed by atoms with E-state index >= 15 is 0 Å². The molecule has 3 aromatic rings. The molecule has 0 N–H and O–H groups in total. The molecule has 1 amide bonds. The number of nitrogens with zero attached hydrogens (tertiary/aromatic N) is 2. The summed E-state index contributed by atoms with van der Waals surface area (Å²) in [6.45, 7) is 6.20. The molecule has 0 atom stereocenters. The average Bonchev–Trinajstić information content (AvgIpc) is 3.32. The topological polar surface area (TPSA) is 59.5 Å². The van der Waals surface area contributed by atoms with Gasteiger partial charge in [-0.3, -0.25) is 4.79 Å². The Bertz CT molecular complexity index is 948. The second-order valence-electron chi connectivity index (χ2n) is 5.73. The second-order valence-corrected chi connectivity index (χ2v) is 7.51. The number of amides is 1. The summed E-state index contributed by atoms with van der Waals surface area (Å²) < 4.78 is 5.14. The Morgan fingerprint density at radius 3 is 2.63 bits per heavy atom. The third-order valence-electron chi connectivity index (χ3n) is 4.01. The minimum absolute atomic E-state index is 0.161. The number of thiophene rings is 1. The number of carbonyl (C=O) groups excluding carboxylic acids is 2. The Balaban J connectivity index is 1.98. The number of esters is 1. The average molecular weight is 401 g/mol. The van der Waals surface area contributed by atoms with E-state index in [-0.39, 0.29) is 12.5 Å². The first kappa shape index (κ1) is 19.3. The number of aromatic nitrogens is 1. The standard InChI is InChI=1S/C20H20N2O3S2/c1-4-22(16-9-7-6-8-15(16)20(24)25-5-2)19(23)17-13(3)21-18(27-17)14-10-11-26-12-14/h6-12H,4-5H2,1-3H3. The number of benzene rings is 1. The molecule has 0 spiro atoms. The van der Waals surface area contributed by atoms with E-state index in [2.05, 4.69) is 4.98 Å². The van der Waals surface area contributed by atoms with Gasteiger partial charge in [0.15, 0.2) is 0 Å². The number of ether oxygens (including phenoxy) is 1. The van der Waals surface area contributed by atoms with Crippen LogP contribution in [0, 0.1) is 6.92 Å². The Morgan fingerprint density at radius 1 is 1.19 bits per heavy atom. The lowest BCUT2D eigenvalue weighted by Crippen LogP contribution is -2.32. The number of hydrogen-bond acceptors (Lipinski definition) is 6. The highest BCUT2D eigenvalue weighted by atomic mass is 32.1. The molecule has 2 aromatic heterocycles. The van der Waals surface area contributed by atoms with Crippen molar-refractivity contribution in [2.45, 2.75) is 20.8 Å². The number of carbonyl (C=O) groups is 2. The summed E-state index contributed by atoms with van der Waals surface area (Å²) >= 11 is 2.97.